The Kier molecular flexibility index (Phi) is 4.49. The number of allylic oxidation sites excluding steroid dienone is 2. The van der Waals surface area contributed by atoms with Crippen LogP contribution in [0.4, 0.5) is 0 Å². The summed E-state index contributed by atoms with van der Waals surface area (Å²) in [7, 11) is 0. The average molecular weight is 278 g/mol. The van der Waals surface area contributed by atoms with Crippen molar-refractivity contribution in [2.24, 2.45) is 11.8 Å². The van der Waals surface area contributed by atoms with E-state index in [4.69, 9.17) is 5.11 Å². The number of carboxylic acid groups (broad SMARTS) is 1. The quantitative estimate of drug-likeness (QED) is 0.768. The lowest BCUT2D eigenvalue weighted by atomic mass is 9.82. The molecule has 0 aromatic carbocycles. The molecule has 1 aromatic heterocycles. The highest BCUT2D eigenvalue weighted by Crippen LogP contribution is 2.26. The third kappa shape index (κ3) is 3.04. The van der Waals surface area contributed by atoms with Gasteiger partial charge in [0.2, 0.25) is 5.91 Å². The Labute approximate surface area is 116 Å². The lowest BCUT2D eigenvalue weighted by molar-refractivity contribution is -0.147. The monoisotopic (exact) mass is 278 g/mol. The van der Waals surface area contributed by atoms with Gasteiger partial charge in [0, 0.05) is 6.54 Å². The third-order valence-electron chi connectivity index (χ3n) is 3.54. The van der Waals surface area contributed by atoms with Crippen LogP contribution in [-0.2, 0) is 22.7 Å². The molecule has 1 aliphatic carbocycles. The first-order valence-corrected chi connectivity index (χ1v) is 6.65. The van der Waals surface area contributed by atoms with Gasteiger partial charge >= 0.3 is 5.97 Å². The van der Waals surface area contributed by atoms with Gasteiger partial charge in [-0.15, -0.1) is 10.2 Å². The zero-order valence-corrected chi connectivity index (χ0v) is 11.3. The van der Waals surface area contributed by atoms with E-state index in [0.717, 1.165) is 6.54 Å². The summed E-state index contributed by atoms with van der Waals surface area (Å²) in [6, 6.07) is 0. The molecule has 108 valence electrons. The summed E-state index contributed by atoms with van der Waals surface area (Å²) in [5.74, 6) is -1.67. The van der Waals surface area contributed by atoms with Gasteiger partial charge in [-0.25, -0.2) is 0 Å². The van der Waals surface area contributed by atoms with E-state index in [1.807, 2.05) is 23.6 Å². The Balaban J connectivity index is 1.97. The fourth-order valence-electron chi connectivity index (χ4n) is 2.35. The summed E-state index contributed by atoms with van der Waals surface area (Å²) in [6.45, 7) is 2.95. The highest BCUT2D eigenvalue weighted by molar-refractivity contribution is 5.85. The number of rotatable bonds is 5. The van der Waals surface area contributed by atoms with Crippen LogP contribution in [0.2, 0.25) is 0 Å². The number of hydrogen-bond donors (Lipinski definition) is 2. The van der Waals surface area contributed by atoms with Gasteiger partial charge in [-0.05, 0) is 19.8 Å². The molecule has 2 unspecified atom stereocenters. The molecule has 1 aliphatic rings. The molecule has 1 amide bonds. The maximum Gasteiger partial charge on any atom is 0.307 e. The van der Waals surface area contributed by atoms with Crippen LogP contribution < -0.4 is 5.32 Å². The van der Waals surface area contributed by atoms with E-state index in [0.29, 0.717) is 18.7 Å². The van der Waals surface area contributed by atoms with Crippen LogP contribution in [0.3, 0.4) is 0 Å². The number of hydrogen-bond acceptors (Lipinski definition) is 4. The average Bonchev–Trinajstić information content (AvgIpc) is 2.92. The van der Waals surface area contributed by atoms with Gasteiger partial charge in [0.15, 0.2) is 5.82 Å². The first-order valence-electron chi connectivity index (χ1n) is 6.65. The zero-order chi connectivity index (χ0) is 14.5. The van der Waals surface area contributed by atoms with E-state index < -0.39 is 17.8 Å². The molecule has 0 fully saturated rings. The summed E-state index contributed by atoms with van der Waals surface area (Å²) in [4.78, 5) is 23.3. The van der Waals surface area contributed by atoms with Gasteiger partial charge in [-0.2, -0.15) is 0 Å². The molecule has 1 heterocycles. The molecule has 20 heavy (non-hydrogen) atoms. The van der Waals surface area contributed by atoms with Crippen LogP contribution in [-0.4, -0.2) is 31.7 Å². The number of carbonyl (C=O) groups excluding carboxylic acids is 1. The minimum absolute atomic E-state index is 0.243. The normalized spacial score (nSPS) is 21.6. The summed E-state index contributed by atoms with van der Waals surface area (Å²) in [5.41, 5.74) is 0. The van der Waals surface area contributed by atoms with Crippen LogP contribution in [0, 0.1) is 11.8 Å². The van der Waals surface area contributed by atoms with Crippen LogP contribution in [0.25, 0.3) is 0 Å². The van der Waals surface area contributed by atoms with Crippen LogP contribution in [0.1, 0.15) is 25.6 Å². The number of aliphatic carboxylic acids is 1. The molecule has 0 radical (unpaired) electrons. The molecule has 7 heteroatoms. The molecular formula is C13H18N4O3. The second-order valence-electron chi connectivity index (χ2n) is 4.75. The second-order valence-corrected chi connectivity index (χ2v) is 4.75. The fraction of sp³-hybridized carbons (Fsp3) is 0.538. The molecule has 2 atom stereocenters. The van der Waals surface area contributed by atoms with Gasteiger partial charge < -0.3 is 15.0 Å². The summed E-state index contributed by atoms with van der Waals surface area (Å²) in [6.07, 6.45) is 6.14. The molecular weight excluding hydrogens is 260 g/mol. The zero-order valence-electron chi connectivity index (χ0n) is 11.3. The number of nitrogens with one attached hydrogen (secondary N) is 1. The molecule has 0 saturated heterocycles. The van der Waals surface area contributed by atoms with E-state index in [1.54, 1.807) is 6.33 Å². The fourth-order valence-corrected chi connectivity index (χ4v) is 2.35. The Bertz CT molecular complexity index is 523. The van der Waals surface area contributed by atoms with E-state index in [-0.39, 0.29) is 12.5 Å². The molecule has 0 aliphatic heterocycles. The number of aromatic nitrogens is 3. The number of aryl methyl sites for hydroxylation is 1. The van der Waals surface area contributed by atoms with Crippen molar-refractivity contribution in [1.82, 2.24) is 20.1 Å². The van der Waals surface area contributed by atoms with Crippen molar-refractivity contribution < 1.29 is 14.7 Å². The van der Waals surface area contributed by atoms with Crippen molar-refractivity contribution in [3.63, 3.8) is 0 Å². The van der Waals surface area contributed by atoms with Crippen molar-refractivity contribution in [3.8, 4) is 0 Å². The van der Waals surface area contributed by atoms with E-state index in [2.05, 4.69) is 15.5 Å². The summed E-state index contributed by atoms with van der Waals surface area (Å²) < 4.78 is 1.83. The van der Waals surface area contributed by atoms with E-state index in [1.165, 1.54) is 0 Å². The Hall–Kier alpha value is -2.18. The first-order chi connectivity index (χ1) is 9.63. The predicted octanol–water partition coefficient (Wildman–Crippen LogP) is 0.581. The van der Waals surface area contributed by atoms with Crippen LogP contribution >= 0.6 is 0 Å². The number of carbonyl (C=O) groups is 2. The van der Waals surface area contributed by atoms with Crippen molar-refractivity contribution in [1.29, 1.82) is 0 Å². The highest BCUT2D eigenvalue weighted by Gasteiger charge is 2.33. The molecule has 1 aromatic rings. The predicted molar refractivity (Wildman–Crippen MR) is 70.5 cm³/mol. The Morgan fingerprint density at radius 1 is 1.40 bits per heavy atom. The topological polar surface area (TPSA) is 97.1 Å². The maximum absolute atomic E-state index is 12.1. The van der Waals surface area contributed by atoms with E-state index in [9.17, 15) is 9.59 Å². The van der Waals surface area contributed by atoms with Crippen molar-refractivity contribution in [2.75, 3.05) is 0 Å². The lowest BCUT2D eigenvalue weighted by Crippen LogP contribution is -2.38. The van der Waals surface area contributed by atoms with Gasteiger partial charge in [0.1, 0.15) is 6.33 Å². The molecule has 0 spiro atoms. The third-order valence-corrected chi connectivity index (χ3v) is 3.54. The minimum atomic E-state index is -0.925. The molecule has 0 saturated carbocycles. The lowest BCUT2D eigenvalue weighted by Gasteiger charge is -2.24. The largest absolute Gasteiger partial charge is 0.481 e. The minimum Gasteiger partial charge on any atom is -0.481 e. The smallest absolute Gasteiger partial charge is 0.307 e. The number of amides is 1. The van der Waals surface area contributed by atoms with Crippen LogP contribution in [0.5, 0.6) is 0 Å². The maximum atomic E-state index is 12.1. The number of nitrogens with zero attached hydrogens (tertiary/aromatic N) is 3. The van der Waals surface area contributed by atoms with Gasteiger partial charge in [-0.1, -0.05) is 12.2 Å². The highest BCUT2D eigenvalue weighted by atomic mass is 16.4. The van der Waals surface area contributed by atoms with Gasteiger partial charge in [0.05, 0.1) is 18.4 Å². The van der Waals surface area contributed by atoms with Crippen molar-refractivity contribution in [2.45, 2.75) is 32.9 Å². The van der Waals surface area contributed by atoms with Crippen molar-refractivity contribution in [3.05, 3.63) is 24.3 Å². The second kappa shape index (κ2) is 6.31. The first kappa shape index (κ1) is 14.2. The van der Waals surface area contributed by atoms with E-state index >= 15 is 0 Å². The van der Waals surface area contributed by atoms with Gasteiger partial charge in [-0.3, -0.25) is 9.59 Å². The Morgan fingerprint density at radius 2 is 2.10 bits per heavy atom. The SMILES string of the molecule is CCn1cnnc1CNC(=O)C1CC=CCC1C(=O)O. The molecule has 2 N–H and O–H groups in total. The number of carboxylic acids is 1. The van der Waals surface area contributed by atoms with Crippen molar-refractivity contribution >= 4 is 11.9 Å². The van der Waals surface area contributed by atoms with Crippen LogP contribution in [0.15, 0.2) is 18.5 Å². The molecule has 0 bridgehead atoms. The molecule has 7 nitrogen and oxygen atoms in total. The summed E-state index contributed by atoms with van der Waals surface area (Å²) >= 11 is 0. The Morgan fingerprint density at radius 3 is 2.75 bits per heavy atom. The molecule has 2 rings (SSSR count). The van der Waals surface area contributed by atoms with Gasteiger partial charge in [0.25, 0.3) is 0 Å². The standard InChI is InChI=1S/C13H18N4O3/c1-2-17-8-15-16-11(17)7-14-12(18)9-5-3-4-6-10(9)13(19)20/h3-4,8-10H,2,5-7H2,1H3,(H,14,18)(H,19,20). The summed E-state index contributed by atoms with van der Waals surface area (Å²) in [5, 5.41) is 19.6.